The third-order valence-electron chi connectivity index (χ3n) is 2.45. The Morgan fingerprint density at radius 3 is 3.29 bits per heavy atom. The fourth-order valence-electron chi connectivity index (χ4n) is 1.62. The molecule has 78 valence electrons. The van der Waals surface area contributed by atoms with E-state index in [-0.39, 0.29) is 6.04 Å². The minimum atomic E-state index is -0.663. The van der Waals surface area contributed by atoms with Crippen molar-refractivity contribution in [3.63, 3.8) is 0 Å². The van der Waals surface area contributed by atoms with Gasteiger partial charge in [0.1, 0.15) is 0 Å². The number of nitrogens with one attached hydrogen (secondary N) is 1. The topological polar surface area (TPSA) is 46.9 Å². The minimum Gasteiger partial charge on any atom is -0.308 e. The van der Waals surface area contributed by atoms with Gasteiger partial charge in [-0.2, -0.15) is 5.10 Å². The highest BCUT2D eigenvalue weighted by Crippen LogP contribution is 2.15. The van der Waals surface area contributed by atoms with Crippen molar-refractivity contribution in [3.05, 3.63) is 18.0 Å². The molecule has 1 fully saturated rings. The van der Waals surface area contributed by atoms with Crippen molar-refractivity contribution >= 4 is 10.8 Å². The minimum absolute atomic E-state index is 0.227. The Morgan fingerprint density at radius 1 is 1.79 bits per heavy atom. The van der Waals surface area contributed by atoms with Crippen LogP contribution in [0.1, 0.15) is 18.5 Å². The lowest BCUT2D eigenvalue weighted by molar-refractivity contribution is 0.570. The lowest BCUT2D eigenvalue weighted by Crippen LogP contribution is -2.36. The van der Waals surface area contributed by atoms with Crippen molar-refractivity contribution in [2.45, 2.75) is 19.5 Å². The molecule has 14 heavy (non-hydrogen) atoms. The maximum atomic E-state index is 11.4. The molecule has 0 bridgehead atoms. The van der Waals surface area contributed by atoms with Crippen LogP contribution in [0.2, 0.25) is 0 Å². The number of aryl methyl sites for hydroxylation is 1. The van der Waals surface area contributed by atoms with Gasteiger partial charge in [-0.15, -0.1) is 0 Å². The summed E-state index contributed by atoms with van der Waals surface area (Å²) < 4.78 is 13.3. The van der Waals surface area contributed by atoms with E-state index in [4.69, 9.17) is 0 Å². The van der Waals surface area contributed by atoms with Gasteiger partial charge in [0.05, 0.1) is 6.20 Å². The molecule has 0 radical (unpaired) electrons. The second-order valence-electron chi connectivity index (χ2n) is 3.45. The first-order valence-corrected chi connectivity index (χ1v) is 6.39. The first kappa shape index (κ1) is 9.86. The molecule has 2 atom stereocenters. The van der Waals surface area contributed by atoms with E-state index in [1.54, 1.807) is 0 Å². The van der Waals surface area contributed by atoms with Gasteiger partial charge in [0.15, 0.2) is 0 Å². The maximum absolute atomic E-state index is 11.4. The molecular weight excluding hydrogens is 198 g/mol. The Hall–Kier alpha value is -0.680. The van der Waals surface area contributed by atoms with E-state index in [0.29, 0.717) is 0 Å². The zero-order valence-corrected chi connectivity index (χ0v) is 9.09. The number of rotatable bonds is 2. The monoisotopic (exact) mass is 213 g/mol. The van der Waals surface area contributed by atoms with Gasteiger partial charge < -0.3 is 5.32 Å². The van der Waals surface area contributed by atoms with E-state index >= 15 is 0 Å². The standard InChI is InChI=1S/C9H15N3OS/c1-2-12-6-8(5-11-12)9-7-14(13)4-3-10-9/h5-6,9-10H,2-4,7H2,1H3/t9-,14+/m0/s1. The van der Waals surface area contributed by atoms with E-state index in [1.807, 2.05) is 17.1 Å². The van der Waals surface area contributed by atoms with E-state index in [0.717, 1.165) is 30.2 Å². The van der Waals surface area contributed by atoms with Crippen LogP contribution in [-0.2, 0) is 17.3 Å². The summed E-state index contributed by atoms with van der Waals surface area (Å²) in [4.78, 5) is 0. The number of nitrogens with zero attached hydrogens (tertiary/aromatic N) is 2. The van der Waals surface area contributed by atoms with Crippen LogP contribution in [0.25, 0.3) is 0 Å². The molecule has 2 heterocycles. The largest absolute Gasteiger partial charge is 0.308 e. The molecule has 1 N–H and O–H groups in total. The third kappa shape index (κ3) is 2.04. The predicted molar refractivity (Wildman–Crippen MR) is 56.5 cm³/mol. The molecule has 5 heteroatoms. The highest BCUT2D eigenvalue weighted by Gasteiger charge is 2.20. The Kier molecular flexibility index (Phi) is 2.98. The van der Waals surface area contributed by atoms with Crippen molar-refractivity contribution in [3.8, 4) is 0 Å². The fraction of sp³-hybridized carbons (Fsp3) is 0.667. The van der Waals surface area contributed by atoms with Gasteiger partial charge in [-0.3, -0.25) is 8.89 Å². The van der Waals surface area contributed by atoms with E-state index in [9.17, 15) is 4.21 Å². The number of hydrogen-bond acceptors (Lipinski definition) is 3. The lowest BCUT2D eigenvalue weighted by Gasteiger charge is -2.21. The molecule has 1 aromatic rings. The average molecular weight is 213 g/mol. The molecule has 1 aliphatic heterocycles. The zero-order valence-electron chi connectivity index (χ0n) is 8.27. The molecule has 0 aliphatic carbocycles. The van der Waals surface area contributed by atoms with Crippen molar-refractivity contribution < 1.29 is 4.21 Å². The first-order valence-electron chi connectivity index (χ1n) is 4.90. The van der Waals surface area contributed by atoms with Crippen molar-refractivity contribution in [1.29, 1.82) is 0 Å². The summed E-state index contributed by atoms with van der Waals surface area (Å²) in [7, 11) is -0.663. The van der Waals surface area contributed by atoms with Gasteiger partial charge in [-0.25, -0.2) is 0 Å². The van der Waals surface area contributed by atoms with Crippen LogP contribution in [-0.4, -0.2) is 32.0 Å². The molecule has 2 rings (SSSR count). The maximum Gasteiger partial charge on any atom is 0.0537 e. The average Bonchev–Trinajstić information content (AvgIpc) is 2.66. The molecule has 0 spiro atoms. The van der Waals surface area contributed by atoms with Gasteiger partial charge in [0.25, 0.3) is 0 Å². The number of hydrogen-bond donors (Lipinski definition) is 1. The summed E-state index contributed by atoms with van der Waals surface area (Å²) in [5.74, 6) is 1.49. The number of aromatic nitrogens is 2. The Labute approximate surface area is 86.1 Å². The molecule has 1 aliphatic rings. The summed E-state index contributed by atoms with van der Waals surface area (Å²) in [6.45, 7) is 3.79. The zero-order chi connectivity index (χ0) is 9.97. The smallest absolute Gasteiger partial charge is 0.0537 e. The van der Waals surface area contributed by atoms with Gasteiger partial charge >= 0.3 is 0 Å². The third-order valence-corrected chi connectivity index (χ3v) is 3.82. The van der Waals surface area contributed by atoms with Gasteiger partial charge in [-0.05, 0) is 6.92 Å². The fourth-order valence-corrected chi connectivity index (χ4v) is 2.82. The molecule has 4 nitrogen and oxygen atoms in total. The summed E-state index contributed by atoms with van der Waals surface area (Å²) in [5.41, 5.74) is 1.15. The van der Waals surface area contributed by atoms with Crippen LogP contribution in [0.15, 0.2) is 12.4 Å². The van der Waals surface area contributed by atoms with E-state index in [2.05, 4.69) is 17.3 Å². The molecule has 0 aromatic carbocycles. The summed E-state index contributed by atoms with van der Waals surface area (Å²) in [5, 5.41) is 7.57. The Balaban J connectivity index is 2.09. The highest BCUT2D eigenvalue weighted by molar-refractivity contribution is 7.85. The molecule has 1 saturated heterocycles. The van der Waals surface area contributed by atoms with Crippen LogP contribution in [0.4, 0.5) is 0 Å². The van der Waals surface area contributed by atoms with E-state index < -0.39 is 10.8 Å². The van der Waals surface area contributed by atoms with Crippen LogP contribution in [0, 0.1) is 0 Å². The second-order valence-corrected chi connectivity index (χ2v) is 5.07. The normalized spacial score (nSPS) is 27.8. The van der Waals surface area contributed by atoms with Gasteiger partial charge in [-0.1, -0.05) is 0 Å². The van der Waals surface area contributed by atoms with Crippen LogP contribution in [0.3, 0.4) is 0 Å². The van der Waals surface area contributed by atoms with Crippen molar-refractivity contribution in [2.24, 2.45) is 0 Å². The quantitative estimate of drug-likeness (QED) is 0.768. The summed E-state index contributed by atoms with van der Waals surface area (Å²) in [6, 6.07) is 0.227. The summed E-state index contributed by atoms with van der Waals surface area (Å²) in [6.07, 6.45) is 3.89. The van der Waals surface area contributed by atoms with Crippen LogP contribution < -0.4 is 5.32 Å². The molecule has 0 saturated carbocycles. The van der Waals surface area contributed by atoms with Gasteiger partial charge in [0, 0.05) is 53.2 Å². The molecule has 1 aromatic heterocycles. The second kappa shape index (κ2) is 4.23. The van der Waals surface area contributed by atoms with E-state index in [1.165, 1.54) is 0 Å². The Morgan fingerprint density at radius 2 is 2.64 bits per heavy atom. The SMILES string of the molecule is CCn1cc([C@@H]2C[S@](=O)CCN2)cn1. The molecule has 0 amide bonds. The summed E-state index contributed by atoms with van der Waals surface area (Å²) >= 11 is 0. The van der Waals surface area contributed by atoms with Crippen molar-refractivity contribution in [2.75, 3.05) is 18.1 Å². The Bertz CT molecular complexity index is 337. The van der Waals surface area contributed by atoms with Crippen molar-refractivity contribution in [1.82, 2.24) is 15.1 Å². The highest BCUT2D eigenvalue weighted by atomic mass is 32.2. The first-order chi connectivity index (χ1) is 6.79. The van der Waals surface area contributed by atoms with Gasteiger partial charge in [0.2, 0.25) is 0 Å². The molecule has 0 unspecified atom stereocenters. The lowest BCUT2D eigenvalue weighted by atomic mass is 10.2. The van der Waals surface area contributed by atoms with Crippen LogP contribution in [0.5, 0.6) is 0 Å². The molecular formula is C9H15N3OS. The predicted octanol–water partition coefficient (Wildman–Crippen LogP) is 0.296. The van der Waals surface area contributed by atoms with Crippen LogP contribution >= 0.6 is 0 Å².